The lowest BCUT2D eigenvalue weighted by Crippen LogP contribution is -2.26. The third-order valence-electron chi connectivity index (χ3n) is 3.07. The highest BCUT2D eigenvalue weighted by molar-refractivity contribution is 5.30. The van der Waals surface area contributed by atoms with E-state index in [1.807, 2.05) is 6.92 Å². The summed E-state index contributed by atoms with van der Waals surface area (Å²) in [6.07, 6.45) is 2.62. The molecule has 1 fully saturated rings. The molecule has 0 radical (unpaired) electrons. The van der Waals surface area contributed by atoms with Gasteiger partial charge in [-0.25, -0.2) is 8.78 Å². The van der Waals surface area contributed by atoms with Crippen molar-refractivity contribution in [1.82, 2.24) is 0 Å². The van der Waals surface area contributed by atoms with Crippen molar-refractivity contribution in [3.63, 3.8) is 0 Å². The number of benzene rings is 1. The molecule has 15 heavy (non-hydrogen) atoms. The highest BCUT2D eigenvalue weighted by Crippen LogP contribution is 2.37. The van der Waals surface area contributed by atoms with Crippen molar-refractivity contribution in [2.75, 3.05) is 0 Å². The average molecular weight is 211 g/mol. The van der Waals surface area contributed by atoms with E-state index in [0.29, 0.717) is 18.4 Å². The maximum absolute atomic E-state index is 13.8. The minimum atomic E-state index is -0.471. The maximum Gasteiger partial charge on any atom is 0.132 e. The van der Waals surface area contributed by atoms with E-state index >= 15 is 0 Å². The Morgan fingerprint density at radius 3 is 2.53 bits per heavy atom. The molecule has 2 rings (SSSR count). The van der Waals surface area contributed by atoms with Gasteiger partial charge in [0.1, 0.15) is 11.6 Å². The van der Waals surface area contributed by atoms with Gasteiger partial charge in [-0.1, -0.05) is 13.0 Å². The summed E-state index contributed by atoms with van der Waals surface area (Å²) in [7, 11) is 0. The lowest BCUT2D eigenvalue weighted by atomic mass is 10.00. The molecule has 1 aromatic carbocycles. The van der Waals surface area contributed by atoms with Crippen LogP contribution in [-0.2, 0) is 12.8 Å². The van der Waals surface area contributed by atoms with Crippen molar-refractivity contribution < 1.29 is 8.78 Å². The predicted octanol–water partition coefficient (Wildman–Crippen LogP) is 2.56. The zero-order valence-electron chi connectivity index (χ0n) is 8.82. The van der Waals surface area contributed by atoms with E-state index in [9.17, 15) is 8.78 Å². The standard InChI is InChI=1S/C12H15F2N/c1-2-8-3-4-10(13)9(11(8)14)7-12(15)5-6-12/h3-4H,2,5-7,15H2,1H3. The summed E-state index contributed by atoms with van der Waals surface area (Å²) in [6, 6.07) is 2.84. The molecule has 0 aromatic heterocycles. The molecule has 1 aromatic rings. The lowest BCUT2D eigenvalue weighted by Gasteiger charge is -2.12. The van der Waals surface area contributed by atoms with Crippen LogP contribution in [0.25, 0.3) is 0 Å². The van der Waals surface area contributed by atoms with Gasteiger partial charge in [0.15, 0.2) is 0 Å². The number of hydrogen-bond acceptors (Lipinski definition) is 1. The van der Waals surface area contributed by atoms with Gasteiger partial charge < -0.3 is 5.73 Å². The Morgan fingerprint density at radius 1 is 1.33 bits per heavy atom. The van der Waals surface area contributed by atoms with E-state index in [2.05, 4.69) is 0 Å². The Labute approximate surface area is 88.3 Å². The molecule has 0 heterocycles. The van der Waals surface area contributed by atoms with Crippen molar-refractivity contribution in [1.29, 1.82) is 0 Å². The second-order valence-electron chi connectivity index (χ2n) is 4.39. The summed E-state index contributed by atoms with van der Waals surface area (Å²) in [5, 5.41) is 0. The van der Waals surface area contributed by atoms with Crippen LogP contribution in [0.1, 0.15) is 30.9 Å². The van der Waals surface area contributed by atoms with Gasteiger partial charge in [-0.2, -0.15) is 0 Å². The summed E-state index contributed by atoms with van der Waals surface area (Å²) in [5.41, 5.74) is 6.25. The van der Waals surface area contributed by atoms with E-state index in [1.54, 1.807) is 0 Å². The maximum atomic E-state index is 13.8. The summed E-state index contributed by atoms with van der Waals surface area (Å²) >= 11 is 0. The normalized spacial score (nSPS) is 17.9. The number of halogens is 2. The summed E-state index contributed by atoms with van der Waals surface area (Å²) < 4.78 is 27.2. The first-order valence-corrected chi connectivity index (χ1v) is 5.30. The fraction of sp³-hybridized carbons (Fsp3) is 0.500. The highest BCUT2D eigenvalue weighted by Gasteiger charge is 2.39. The fourth-order valence-corrected chi connectivity index (χ4v) is 1.77. The zero-order valence-corrected chi connectivity index (χ0v) is 8.82. The second-order valence-corrected chi connectivity index (χ2v) is 4.39. The first kappa shape index (κ1) is 10.6. The SMILES string of the molecule is CCc1ccc(F)c(CC2(N)CC2)c1F. The molecule has 2 N–H and O–H groups in total. The highest BCUT2D eigenvalue weighted by atomic mass is 19.1. The Morgan fingerprint density at radius 2 is 2.00 bits per heavy atom. The number of hydrogen-bond donors (Lipinski definition) is 1. The molecule has 0 atom stereocenters. The lowest BCUT2D eigenvalue weighted by molar-refractivity contribution is 0.524. The van der Waals surface area contributed by atoms with E-state index in [4.69, 9.17) is 5.73 Å². The number of nitrogens with two attached hydrogens (primary N) is 1. The molecule has 1 aliphatic carbocycles. The van der Waals surface area contributed by atoms with Crippen molar-refractivity contribution in [3.05, 3.63) is 34.9 Å². The Kier molecular flexibility index (Phi) is 2.51. The minimum absolute atomic E-state index is 0.161. The monoisotopic (exact) mass is 211 g/mol. The zero-order chi connectivity index (χ0) is 11.1. The van der Waals surface area contributed by atoms with Crippen LogP contribution in [0.15, 0.2) is 12.1 Å². The molecule has 0 spiro atoms. The van der Waals surface area contributed by atoms with E-state index in [-0.39, 0.29) is 11.1 Å². The van der Waals surface area contributed by atoms with Gasteiger partial charge in [0.05, 0.1) is 0 Å². The van der Waals surface area contributed by atoms with Crippen molar-refractivity contribution in [3.8, 4) is 0 Å². The van der Waals surface area contributed by atoms with Crippen molar-refractivity contribution in [2.45, 2.75) is 38.1 Å². The van der Waals surface area contributed by atoms with Crippen LogP contribution in [-0.4, -0.2) is 5.54 Å². The van der Waals surface area contributed by atoms with Gasteiger partial charge in [-0.15, -0.1) is 0 Å². The van der Waals surface area contributed by atoms with Crippen LogP contribution >= 0.6 is 0 Å². The van der Waals surface area contributed by atoms with Gasteiger partial charge in [0.25, 0.3) is 0 Å². The smallest absolute Gasteiger partial charge is 0.132 e. The molecule has 82 valence electrons. The van der Waals surface area contributed by atoms with Crippen LogP contribution in [0, 0.1) is 11.6 Å². The van der Waals surface area contributed by atoms with E-state index in [0.717, 1.165) is 12.8 Å². The molecule has 3 heteroatoms. The van der Waals surface area contributed by atoms with Gasteiger partial charge in [0, 0.05) is 11.1 Å². The van der Waals surface area contributed by atoms with Gasteiger partial charge in [-0.3, -0.25) is 0 Å². The Balaban J connectivity index is 2.35. The van der Waals surface area contributed by atoms with Gasteiger partial charge in [0.2, 0.25) is 0 Å². The molecule has 0 saturated heterocycles. The third-order valence-corrected chi connectivity index (χ3v) is 3.07. The molecule has 1 aliphatic rings. The Bertz CT molecular complexity index is 383. The van der Waals surface area contributed by atoms with E-state index < -0.39 is 11.6 Å². The molecular weight excluding hydrogens is 196 g/mol. The summed E-state index contributed by atoms with van der Waals surface area (Å²) in [6.45, 7) is 1.86. The second kappa shape index (κ2) is 3.56. The van der Waals surface area contributed by atoms with Gasteiger partial charge >= 0.3 is 0 Å². The van der Waals surface area contributed by atoms with Crippen molar-refractivity contribution in [2.24, 2.45) is 5.73 Å². The fourth-order valence-electron chi connectivity index (χ4n) is 1.77. The van der Waals surface area contributed by atoms with Crippen molar-refractivity contribution >= 4 is 0 Å². The molecule has 0 bridgehead atoms. The van der Waals surface area contributed by atoms with Crippen LogP contribution in [0.5, 0.6) is 0 Å². The van der Waals surface area contributed by atoms with E-state index in [1.165, 1.54) is 12.1 Å². The van der Waals surface area contributed by atoms with Crippen LogP contribution in [0.4, 0.5) is 8.78 Å². The topological polar surface area (TPSA) is 26.0 Å². The Hall–Kier alpha value is -0.960. The first-order chi connectivity index (χ1) is 7.06. The molecule has 0 amide bonds. The van der Waals surface area contributed by atoms with Crippen LogP contribution in [0.3, 0.4) is 0 Å². The predicted molar refractivity (Wildman–Crippen MR) is 55.6 cm³/mol. The minimum Gasteiger partial charge on any atom is -0.325 e. The number of rotatable bonds is 3. The molecular formula is C12H15F2N. The summed E-state index contributed by atoms with van der Waals surface area (Å²) in [5.74, 6) is -0.879. The van der Waals surface area contributed by atoms with Crippen LogP contribution < -0.4 is 5.73 Å². The van der Waals surface area contributed by atoms with Gasteiger partial charge in [-0.05, 0) is 37.3 Å². The first-order valence-electron chi connectivity index (χ1n) is 5.30. The number of aryl methyl sites for hydroxylation is 1. The quantitative estimate of drug-likeness (QED) is 0.817. The third kappa shape index (κ3) is 2.02. The van der Waals surface area contributed by atoms with Crippen LogP contribution in [0.2, 0.25) is 0 Å². The molecule has 1 saturated carbocycles. The average Bonchev–Trinajstić information content (AvgIpc) is 2.92. The molecule has 0 unspecified atom stereocenters. The summed E-state index contributed by atoms with van der Waals surface area (Å²) in [4.78, 5) is 0. The largest absolute Gasteiger partial charge is 0.325 e. The molecule has 0 aliphatic heterocycles. The molecule has 1 nitrogen and oxygen atoms in total.